The zero-order chi connectivity index (χ0) is 14.5. The molecule has 1 aromatic rings. The van der Waals surface area contributed by atoms with Crippen molar-refractivity contribution in [2.24, 2.45) is 5.84 Å². The van der Waals surface area contributed by atoms with E-state index in [9.17, 15) is 0 Å². The maximum absolute atomic E-state index is 5.57. The van der Waals surface area contributed by atoms with E-state index in [1.54, 1.807) is 6.33 Å². The Kier molecular flexibility index (Phi) is 5.14. The Morgan fingerprint density at radius 1 is 1.50 bits per heavy atom. The zero-order valence-corrected chi connectivity index (χ0v) is 12.8. The van der Waals surface area contributed by atoms with Crippen molar-refractivity contribution in [2.75, 3.05) is 37.5 Å². The van der Waals surface area contributed by atoms with Crippen molar-refractivity contribution >= 4 is 11.6 Å². The Balaban J connectivity index is 2.17. The summed E-state index contributed by atoms with van der Waals surface area (Å²) < 4.78 is 0. The number of hydrogen-bond acceptors (Lipinski definition) is 6. The number of nitrogen functional groups attached to an aromatic ring is 1. The standard InChI is InChI=1S/C14H26N6/c1-4-6-12-13(18-15)16-10-17-14(12)20(3)9-11-7-5-8-19(11)2/h10-11H,4-9,15H2,1-3H3,(H,16,17,18). The third-order valence-corrected chi connectivity index (χ3v) is 4.08. The molecule has 0 radical (unpaired) electrons. The van der Waals surface area contributed by atoms with Crippen molar-refractivity contribution in [1.82, 2.24) is 14.9 Å². The van der Waals surface area contributed by atoms with Crippen molar-refractivity contribution < 1.29 is 0 Å². The average Bonchev–Trinajstić information content (AvgIpc) is 2.84. The van der Waals surface area contributed by atoms with E-state index in [0.29, 0.717) is 6.04 Å². The van der Waals surface area contributed by atoms with Crippen LogP contribution in [0.1, 0.15) is 31.7 Å². The minimum atomic E-state index is 0.610. The van der Waals surface area contributed by atoms with E-state index in [4.69, 9.17) is 5.84 Å². The maximum atomic E-state index is 5.57. The van der Waals surface area contributed by atoms with Gasteiger partial charge in [0.15, 0.2) is 0 Å². The van der Waals surface area contributed by atoms with E-state index in [1.807, 2.05) is 0 Å². The number of likely N-dealkylation sites (tertiary alicyclic amines) is 1. The number of likely N-dealkylation sites (N-methyl/N-ethyl adjacent to an activating group) is 2. The van der Waals surface area contributed by atoms with E-state index >= 15 is 0 Å². The van der Waals surface area contributed by atoms with Gasteiger partial charge in [-0.15, -0.1) is 0 Å². The molecule has 6 nitrogen and oxygen atoms in total. The molecule has 0 bridgehead atoms. The van der Waals surface area contributed by atoms with E-state index in [2.05, 4.69) is 46.2 Å². The first kappa shape index (κ1) is 15.0. The molecule has 0 aromatic carbocycles. The molecular formula is C14H26N6. The molecule has 1 fully saturated rings. The normalized spacial score (nSPS) is 19.3. The quantitative estimate of drug-likeness (QED) is 0.603. The highest BCUT2D eigenvalue weighted by Gasteiger charge is 2.24. The minimum Gasteiger partial charge on any atom is -0.358 e. The number of aromatic nitrogens is 2. The topological polar surface area (TPSA) is 70.3 Å². The van der Waals surface area contributed by atoms with Crippen LogP contribution in [-0.4, -0.2) is 48.1 Å². The highest BCUT2D eigenvalue weighted by Crippen LogP contribution is 2.25. The fraction of sp³-hybridized carbons (Fsp3) is 0.714. The molecule has 0 aliphatic carbocycles. The molecule has 1 atom stereocenters. The summed E-state index contributed by atoms with van der Waals surface area (Å²) in [5.74, 6) is 7.30. The van der Waals surface area contributed by atoms with Crippen LogP contribution in [0.2, 0.25) is 0 Å². The van der Waals surface area contributed by atoms with Gasteiger partial charge in [-0.05, 0) is 32.9 Å². The Morgan fingerprint density at radius 2 is 2.30 bits per heavy atom. The summed E-state index contributed by atoms with van der Waals surface area (Å²) >= 11 is 0. The molecular weight excluding hydrogens is 252 g/mol. The number of hydrazine groups is 1. The van der Waals surface area contributed by atoms with Gasteiger partial charge >= 0.3 is 0 Å². The number of nitrogens with two attached hydrogens (primary N) is 1. The molecule has 112 valence electrons. The predicted molar refractivity (Wildman–Crippen MR) is 82.8 cm³/mol. The summed E-state index contributed by atoms with van der Waals surface area (Å²) in [4.78, 5) is 13.4. The summed E-state index contributed by atoms with van der Waals surface area (Å²) in [5, 5.41) is 0. The fourth-order valence-corrected chi connectivity index (χ4v) is 2.95. The Bertz CT molecular complexity index is 436. The van der Waals surface area contributed by atoms with E-state index in [0.717, 1.165) is 36.6 Å². The molecule has 3 N–H and O–H groups in total. The Morgan fingerprint density at radius 3 is 2.90 bits per heavy atom. The third-order valence-electron chi connectivity index (χ3n) is 4.08. The van der Waals surface area contributed by atoms with Gasteiger partial charge in [0.25, 0.3) is 0 Å². The van der Waals surface area contributed by atoms with Crippen LogP contribution in [-0.2, 0) is 6.42 Å². The first-order chi connectivity index (χ1) is 9.67. The number of hydrogen-bond donors (Lipinski definition) is 2. The molecule has 1 aliphatic rings. The predicted octanol–water partition coefficient (Wildman–Crippen LogP) is 1.25. The molecule has 2 rings (SSSR count). The second-order valence-corrected chi connectivity index (χ2v) is 5.58. The van der Waals surface area contributed by atoms with Gasteiger partial charge in [0.1, 0.15) is 18.0 Å². The second kappa shape index (κ2) is 6.85. The van der Waals surface area contributed by atoms with Crippen LogP contribution in [0.15, 0.2) is 6.33 Å². The zero-order valence-electron chi connectivity index (χ0n) is 12.8. The second-order valence-electron chi connectivity index (χ2n) is 5.58. The summed E-state index contributed by atoms with van der Waals surface area (Å²) in [5.41, 5.74) is 3.80. The summed E-state index contributed by atoms with van der Waals surface area (Å²) in [6, 6.07) is 0.610. The first-order valence-corrected chi connectivity index (χ1v) is 7.39. The Labute approximate surface area is 121 Å². The van der Waals surface area contributed by atoms with Crippen LogP contribution in [0.25, 0.3) is 0 Å². The maximum Gasteiger partial charge on any atom is 0.148 e. The lowest BCUT2D eigenvalue weighted by Crippen LogP contribution is -2.37. The van der Waals surface area contributed by atoms with Crippen molar-refractivity contribution in [2.45, 2.75) is 38.6 Å². The lowest BCUT2D eigenvalue weighted by atomic mass is 10.1. The summed E-state index contributed by atoms with van der Waals surface area (Å²) in [6.45, 7) is 4.34. The SMILES string of the molecule is CCCc1c(NN)ncnc1N(C)CC1CCCN1C. The molecule has 0 amide bonds. The van der Waals surface area contributed by atoms with E-state index in [1.165, 1.54) is 19.4 Å². The van der Waals surface area contributed by atoms with Gasteiger partial charge in [-0.1, -0.05) is 13.3 Å². The summed E-state index contributed by atoms with van der Waals surface area (Å²) in [7, 11) is 4.30. The Hall–Kier alpha value is -1.40. The molecule has 6 heteroatoms. The van der Waals surface area contributed by atoms with Gasteiger partial charge in [0, 0.05) is 25.2 Å². The molecule has 1 aromatic heterocycles. The largest absolute Gasteiger partial charge is 0.358 e. The molecule has 1 unspecified atom stereocenters. The minimum absolute atomic E-state index is 0.610. The molecule has 0 spiro atoms. The molecule has 0 saturated carbocycles. The fourth-order valence-electron chi connectivity index (χ4n) is 2.95. The highest BCUT2D eigenvalue weighted by atomic mass is 15.3. The monoisotopic (exact) mass is 278 g/mol. The molecule has 20 heavy (non-hydrogen) atoms. The van der Waals surface area contributed by atoms with Crippen LogP contribution in [0.3, 0.4) is 0 Å². The summed E-state index contributed by atoms with van der Waals surface area (Å²) in [6.07, 6.45) is 6.11. The molecule has 1 saturated heterocycles. The van der Waals surface area contributed by atoms with Gasteiger partial charge < -0.3 is 15.2 Å². The number of rotatable bonds is 6. The van der Waals surface area contributed by atoms with E-state index in [-0.39, 0.29) is 0 Å². The van der Waals surface area contributed by atoms with Crippen LogP contribution in [0.4, 0.5) is 11.6 Å². The van der Waals surface area contributed by atoms with Crippen LogP contribution < -0.4 is 16.2 Å². The third kappa shape index (κ3) is 3.19. The van der Waals surface area contributed by atoms with Gasteiger partial charge in [-0.3, -0.25) is 0 Å². The van der Waals surface area contributed by atoms with Crippen molar-refractivity contribution in [3.63, 3.8) is 0 Å². The van der Waals surface area contributed by atoms with Crippen LogP contribution in [0.5, 0.6) is 0 Å². The average molecular weight is 278 g/mol. The van der Waals surface area contributed by atoms with Crippen molar-refractivity contribution in [3.8, 4) is 0 Å². The molecule has 2 heterocycles. The lowest BCUT2D eigenvalue weighted by molar-refractivity contribution is 0.314. The van der Waals surface area contributed by atoms with Crippen molar-refractivity contribution in [3.05, 3.63) is 11.9 Å². The van der Waals surface area contributed by atoms with Crippen molar-refractivity contribution in [1.29, 1.82) is 0 Å². The smallest absolute Gasteiger partial charge is 0.148 e. The van der Waals surface area contributed by atoms with Gasteiger partial charge in [-0.2, -0.15) is 0 Å². The van der Waals surface area contributed by atoms with Gasteiger partial charge in [0.2, 0.25) is 0 Å². The number of nitrogens with zero attached hydrogens (tertiary/aromatic N) is 4. The van der Waals surface area contributed by atoms with Crippen LogP contribution >= 0.6 is 0 Å². The number of nitrogens with one attached hydrogen (secondary N) is 1. The first-order valence-electron chi connectivity index (χ1n) is 7.39. The number of anilines is 2. The van der Waals surface area contributed by atoms with Gasteiger partial charge in [-0.25, -0.2) is 15.8 Å². The van der Waals surface area contributed by atoms with Crippen LogP contribution in [0, 0.1) is 0 Å². The highest BCUT2D eigenvalue weighted by molar-refractivity contribution is 5.58. The van der Waals surface area contributed by atoms with Gasteiger partial charge in [0.05, 0.1) is 0 Å². The molecule has 1 aliphatic heterocycles. The van der Waals surface area contributed by atoms with E-state index < -0.39 is 0 Å². The lowest BCUT2D eigenvalue weighted by Gasteiger charge is -2.28.